The zero-order valence-electron chi connectivity index (χ0n) is 7.08. The zero-order valence-corrected chi connectivity index (χ0v) is 7.90. The lowest BCUT2D eigenvalue weighted by molar-refractivity contribution is 0.483. The molecule has 5 heteroatoms. The van der Waals surface area contributed by atoms with Crippen LogP contribution in [0.15, 0.2) is 41.6 Å². The minimum absolute atomic E-state index is 0.101. The Morgan fingerprint density at radius 3 is 2.64 bits per heavy atom. The van der Waals surface area contributed by atoms with Crippen molar-refractivity contribution < 1.29 is 13.0 Å². The molecule has 1 aromatic carbocycles. The summed E-state index contributed by atoms with van der Waals surface area (Å²) in [6.07, 6.45) is 3.19. The monoisotopic (exact) mass is 209 g/mol. The molecule has 1 heterocycles. The summed E-state index contributed by atoms with van der Waals surface area (Å²) in [5.41, 5.74) is 0. The van der Waals surface area contributed by atoms with Crippen molar-refractivity contribution in [2.45, 2.75) is 4.90 Å². The molecule has 2 rings (SSSR count). The number of rotatable bonds is 1. The standard InChI is InChI=1S/C9H7NO3S/c11-14(12,13)9-2-1-8-6-10-4-3-7(8)5-9/h1-6H,(H,11,12,13). The largest absolute Gasteiger partial charge is 0.294 e. The van der Waals surface area contributed by atoms with Gasteiger partial charge in [-0.2, -0.15) is 8.42 Å². The van der Waals surface area contributed by atoms with Crippen LogP contribution in [-0.4, -0.2) is 18.0 Å². The second-order valence-corrected chi connectivity index (χ2v) is 4.28. The van der Waals surface area contributed by atoms with Crippen molar-refractivity contribution in [2.75, 3.05) is 0 Å². The van der Waals surface area contributed by atoms with Gasteiger partial charge >= 0.3 is 0 Å². The van der Waals surface area contributed by atoms with Crippen LogP contribution >= 0.6 is 0 Å². The Kier molecular flexibility index (Phi) is 1.98. The Labute approximate surface area is 81.0 Å². The molecule has 0 unspecified atom stereocenters. The van der Waals surface area contributed by atoms with E-state index in [1.807, 2.05) is 0 Å². The fourth-order valence-electron chi connectivity index (χ4n) is 1.22. The lowest BCUT2D eigenvalue weighted by Gasteiger charge is -1.99. The van der Waals surface area contributed by atoms with E-state index in [1.54, 1.807) is 24.5 Å². The third kappa shape index (κ3) is 1.59. The van der Waals surface area contributed by atoms with Gasteiger partial charge in [-0.3, -0.25) is 9.54 Å². The van der Waals surface area contributed by atoms with Gasteiger partial charge in [0.15, 0.2) is 0 Å². The van der Waals surface area contributed by atoms with Crippen LogP contribution in [0, 0.1) is 0 Å². The van der Waals surface area contributed by atoms with Crippen LogP contribution in [0.3, 0.4) is 0 Å². The van der Waals surface area contributed by atoms with Crippen molar-refractivity contribution in [1.82, 2.24) is 4.98 Å². The summed E-state index contributed by atoms with van der Waals surface area (Å²) in [5, 5.41) is 1.56. The van der Waals surface area contributed by atoms with Crippen LogP contribution in [0.2, 0.25) is 0 Å². The van der Waals surface area contributed by atoms with E-state index in [4.69, 9.17) is 4.55 Å². The van der Waals surface area contributed by atoms with Gasteiger partial charge in [-0.25, -0.2) is 0 Å². The summed E-state index contributed by atoms with van der Waals surface area (Å²) in [7, 11) is -4.11. The van der Waals surface area contributed by atoms with Crippen molar-refractivity contribution in [3.05, 3.63) is 36.7 Å². The molecule has 0 saturated carbocycles. The van der Waals surface area contributed by atoms with Crippen molar-refractivity contribution in [3.8, 4) is 0 Å². The van der Waals surface area contributed by atoms with Crippen molar-refractivity contribution in [2.24, 2.45) is 0 Å². The van der Waals surface area contributed by atoms with E-state index in [1.165, 1.54) is 12.1 Å². The summed E-state index contributed by atoms with van der Waals surface area (Å²) in [4.78, 5) is 3.79. The third-order valence-corrected chi connectivity index (χ3v) is 2.76. The normalized spacial score (nSPS) is 11.8. The van der Waals surface area contributed by atoms with Crippen LogP contribution in [0.4, 0.5) is 0 Å². The molecule has 72 valence electrons. The van der Waals surface area contributed by atoms with E-state index >= 15 is 0 Å². The maximum absolute atomic E-state index is 10.8. The highest BCUT2D eigenvalue weighted by molar-refractivity contribution is 7.85. The molecule has 2 aromatic rings. The van der Waals surface area contributed by atoms with E-state index in [0.29, 0.717) is 0 Å². The number of pyridine rings is 1. The Balaban J connectivity index is 2.75. The summed E-state index contributed by atoms with van der Waals surface area (Å²) in [6.45, 7) is 0. The molecule has 0 radical (unpaired) electrons. The fraction of sp³-hybridized carbons (Fsp3) is 0. The van der Waals surface area contributed by atoms with Gasteiger partial charge in [0.25, 0.3) is 10.1 Å². The molecule has 0 aliphatic rings. The minimum atomic E-state index is -4.11. The summed E-state index contributed by atoms with van der Waals surface area (Å²) >= 11 is 0. The Bertz CT molecular complexity index is 577. The highest BCUT2D eigenvalue weighted by Crippen LogP contribution is 2.17. The number of hydrogen-bond donors (Lipinski definition) is 1. The average molecular weight is 209 g/mol. The van der Waals surface area contributed by atoms with Crippen LogP contribution in [-0.2, 0) is 10.1 Å². The van der Waals surface area contributed by atoms with Gasteiger partial charge in [-0.1, -0.05) is 6.07 Å². The Hall–Kier alpha value is -1.46. The van der Waals surface area contributed by atoms with Crippen molar-refractivity contribution in [1.29, 1.82) is 0 Å². The first-order valence-corrected chi connectivity index (χ1v) is 5.33. The summed E-state index contributed by atoms with van der Waals surface area (Å²) in [6, 6.07) is 6.04. The highest BCUT2D eigenvalue weighted by atomic mass is 32.2. The van der Waals surface area contributed by atoms with Gasteiger partial charge in [0.05, 0.1) is 4.90 Å². The van der Waals surface area contributed by atoms with Gasteiger partial charge in [0.2, 0.25) is 0 Å². The first kappa shape index (κ1) is 9.11. The molecule has 1 aromatic heterocycles. The fourth-order valence-corrected chi connectivity index (χ4v) is 1.74. The molecule has 0 aliphatic heterocycles. The quantitative estimate of drug-likeness (QED) is 0.722. The maximum atomic E-state index is 10.8. The van der Waals surface area contributed by atoms with E-state index in [9.17, 15) is 8.42 Å². The molecular weight excluding hydrogens is 202 g/mol. The molecule has 1 N–H and O–H groups in total. The molecule has 0 aliphatic carbocycles. The van der Waals surface area contributed by atoms with Gasteiger partial charge in [0, 0.05) is 17.8 Å². The van der Waals surface area contributed by atoms with Crippen molar-refractivity contribution in [3.63, 3.8) is 0 Å². The van der Waals surface area contributed by atoms with E-state index in [-0.39, 0.29) is 4.90 Å². The summed E-state index contributed by atoms with van der Waals surface area (Å²) < 4.78 is 30.4. The van der Waals surface area contributed by atoms with Gasteiger partial charge in [-0.05, 0) is 23.6 Å². The third-order valence-electron chi connectivity index (χ3n) is 1.91. The topological polar surface area (TPSA) is 67.3 Å². The Morgan fingerprint density at radius 2 is 1.93 bits per heavy atom. The number of aromatic nitrogens is 1. The molecular formula is C9H7NO3S. The average Bonchev–Trinajstić information content (AvgIpc) is 2.16. The summed E-state index contributed by atoms with van der Waals surface area (Å²) in [5.74, 6) is 0. The Morgan fingerprint density at radius 1 is 1.14 bits per heavy atom. The maximum Gasteiger partial charge on any atom is 0.294 e. The smallest absolute Gasteiger partial charge is 0.282 e. The molecule has 0 spiro atoms. The second-order valence-electron chi connectivity index (χ2n) is 2.86. The van der Waals surface area contributed by atoms with Crippen LogP contribution < -0.4 is 0 Å². The predicted molar refractivity (Wildman–Crippen MR) is 51.6 cm³/mol. The van der Waals surface area contributed by atoms with E-state index < -0.39 is 10.1 Å². The van der Waals surface area contributed by atoms with Crippen LogP contribution in [0.1, 0.15) is 0 Å². The number of benzene rings is 1. The minimum Gasteiger partial charge on any atom is -0.282 e. The molecule has 0 fully saturated rings. The molecule has 4 nitrogen and oxygen atoms in total. The molecule has 0 bridgehead atoms. The lowest BCUT2D eigenvalue weighted by atomic mass is 10.2. The van der Waals surface area contributed by atoms with E-state index in [0.717, 1.165) is 10.8 Å². The molecule has 0 amide bonds. The van der Waals surface area contributed by atoms with E-state index in [2.05, 4.69) is 4.98 Å². The number of nitrogens with zero attached hydrogens (tertiary/aromatic N) is 1. The lowest BCUT2D eigenvalue weighted by Crippen LogP contribution is -1.97. The molecule has 0 atom stereocenters. The van der Waals surface area contributed by atoms with Gasteiger partial charge in [0.1, 0.15) is 0 Å². The van der Waals surface area contributed by atoms with Crippen LogP contribution in [0.25, 0.3) is 10.8 Å². The zero-order chi connectivity index (χ0) is 10.2. The first-order chi connectivity index (χ1) is 6.57. The SMILES string of the molecule is O=S(=O)(O)c1ccc2cnccc2c1. The second kappa shape index (κ2) is 3.04. The van der Waals surface area contributed by atoms with Crippen LogP contribution in [0.5, 0.6) is 0 Å². The molecule has 14 heavy (non-hydrogen) atoms. The van der Waals surface area contributed by atoms with Gasteiger partial charge in [-0.15, -0.1) is 0 Å². The molecule has 0 saturated heterocycles. The number of hydrogen-bond acceptors (Lipinski definition) is 3. The van der Waals surface area contributed by atoms with Crippen molar-refractivity contribution >= 4 is 20.9 Å². The first-order valence-electron chi connectivity index (χ1n) is 3.89. The van der Waals surface area contributed by atoms with Gasteiger partial charge < -0.3 is 0 Å². The number of fused-ring (bicyclic) bond motifs is 1. The highest BCUT2D eigenvalue weighted by Gasteiger charge is 2.08. The predicted octanol–water partition coefficient (Wildman–Crippen LogP) is 1.48.